The number of carbonyl (C=O) groups excluding carboxylic acids is 2. The van der Waals surface area contributed by atoms with Gasteiger partial charge in [-0.05, 0) is 23.3 Å². The number of halogens is 1. The van der Waals surface area contributed by atoms with Gasteiger partial charge in [-0.1, -0.05) is 54.1 Å². The fourth-order valence-corrected chi connectivity index (χ4v) is 1.88. The van der Waals surface area contributed by atoms with Gasteiger partial charge in [-0.2, -0.15) is 0 Å². The fourth-order valence-electron chi connectivity index (χ4n) is 1.76. The van der Waals surface area contributed by atoms with Crippen molar-refractivity contribution >= 4 is 23.9 Å². The largest absolute Gasteiger partial charge is 0.460 e. The van der Waals surface area contributed by atoms with Crippen molar-refractivity contribution in [1.29, 1.82) is 0 Å². The SMILES string of the molecule is O=CC(C(=O)OCc1ccccc1)c1ccc(Cl)cc1. The van der Waals surface area contributed by atoms with Crippen molar-refractivity contribution < 1.29 is 14.3 Å². The van der Waals surface area contributed by atoms with Gasteiger partial charge in [0.25, 0.3) is 0 Å². The Kier molecular flexibility index (Phi) is 4.91. The number of rotatable bonds is 5. The third-order valence-electron chi connectivity index (χ3n) is 2.84. The van der Waals surface area contributed by atoms with E-state index < -0.39 is 11.9 Å². The molecule has 2 rings (SSSR count). The van der Waals surface area contributed by atoms with Crippen LogP contribution < -0.4 is 0 Å². The fraction of sp³-hybridized carbons (Fsp3) is 0.125. The summed E-state index contributed by atoms with van der Waals surface area (Å²) in [6.07, 6.45) is 0.580. The summed E-state index contributed by atoms with van der Waals surface area (Å²) in [5.74, 6) is -1.48. The molecule has 0 fully saturated rings. The maximum absolute atomic E-state index is 11.9. The summed E-state index contributed by atoms with van der Waals surface area (Å²) in [7, 11) is 0. The van der Waals surface area contributed by atoms with E-state index in [1.54, 1.807) is 24.3 Å². The number of aldehydes is 1. The zero-order valence-corrected chi connectivity index (χ0v) is 11.4. The molecule has 20 heavy (non-hydrogen) atoms. The molecule has 0 heterocycles. The van der Waals surface area contributed by atoms with Gasteiger partial charge in [0.2, 0.25) is 0 Å². The van der Waals surface area contributed by atoms with Gasteiger partial charge in [0, 0.05) is 5.02 Å². The second-order valence-electron chi connectivity index (χ2n) is 4.26. The van der Waals surface area contributed by atoms with Crippen LogP contribution in [0.15, 0.2) is 54.6 Å². The standard InChI is InChI=1S/C16H13ClO3/c17-14-8-6-13(7-9-14)15(10-18)16(19)20-11-12-4-2-1-3-5-12/h1-10,15H,11H2. The molecule has 0 spiro atoms. The molecule has 0 aliphatic rings. The first kappa shape index (κ1) is 14.3. The third-order valence-corrected chi connectivity index (χ3v) is 3.10. The van der Waals surface area contributed by atoms with Crippen molar-refractivity contribution in [3.8, 4) is 0 Å². The van der Waals surface area contributed by atoms with Gasteiger partial charge < -0.3 is 9.53 Å². The summed E-state index contributed by atoms with van der Waals surface area (Å²) in [6.45, 7) is 0.150. The van der Waals surface area contributed by atoms with Gasteiger partial charge in [0.1, 0.15) is 18.8 Å². The topological polar surface area (TPSA) is 43.4 Å². The van der Waals surface area contributed by atoms with Crippen molar-refractivity contribution in [1.82, 2.24) is 0 Å². The highest BCUT2D eigenvalue weighted by Crippen LogP contribution is 2.19. The van der Waals surface area contributed by atoms with Crippen LogP contribution in [0.5, 0.6) is 0 Å². The third kappa shape index (κ3) is 3.68. The number of esters is 1. The molecular weight excluding hydrogens is 276 g/mol. The molecule has 4 heteroatoms. The van der Waals surface area contributed by atoms with E-state index in [-0.39, 0.29) is 6.61 Å². The number of hydrogen-bond acceptors (Lipinski definition) is 3. The minimum absolute atomic E-state index is 0.150. The van der Waals surface area contributed by atoms with Crippen LogP contribution in [-0.2, 0) is 20.9 Å². The van der Waals surface area contributed by atoms with E-state index in [1.165, 1.54) is 0 Å². The Morgan fingerprint density at radius 1 is 1.10 bits per heavy atom. The van der Waals surface area contributed by atoms with Crippen molar-refractivity contribution in [3.05, 3.63) is 70.7 Å². The predicted molar refractivity (Wildman–Crippen MR) is 76.5 cm³/mol. The van der Waals surface area contributed by atoms with Crippen LogP contribution in [0, 0.1) is 0 Å². The highest BCUT2D eigenvalue weighted by molar-refractivity contribution is 6.30. The van der Waals surface area contributed by atoms with Gasteiger partial charge in [0.05, 0.1) is 0 Å². The highest BCUT2D eigenvalue weighted by Gasteiger charge is 2.21. The van der Waals surface area contributed by atoms with Crippen LogP contribution in [0.4, 0.5) is 0 Å². The summed E-state index contributed by atoms with van der Waals surface area (Å²) >= 11 is 5.78. The van der Waals surface area contributed by atoms with Crippen molar-refractivity contribution in [2.24, 2.45) is 0 Å². The minimum Gasteiger partial charge on any atom is -0.460 e. The molecule has 0 N–H and O–H groups in total. The van der Waals surface area contributed by atoms with E-state index >= 15 is 0 Å². The molecule has 0 aliphatic heterocycles. The summed E-state index contributed by atoms with van der Waals surface area (Å²) in [5.41, 5.74) is 1.45. The predicted octanol–water partition coefficient (Wildman–Crippen LogP) is 3.37. The Bertz CT molecular complexity index is 578. The second kappa shape index (κ2) is 6.87. The van der Waals surface area contributed by atoms with Crippen LogP contribution in [-0.4, -0.2) is 12.3 Å². The first-order chi connectivity index (χ1) is 9.70. The molecule has 0 saturated carbocycles. The summed E-state index contributed by atoms with van der Waals surface area (Å²) < 4.78 is 5.16. The van der Waals surface area contributed by atoms with Gasteiger partial charge in [-0.3, -0.25) is 4.79 Å². The maximum Gasteiger partial charge on any atom is 0.321 e. The summed E-state index contributed by atoms with van der Waals surface area (Å²) in [6, 6.07) is 15.9. The van der Waals surface area contributed by atoms with Crippen molar-refractivity contribution in [2.45, 2.75) is 12.5 Å². The number of carbonyl (C=O) groups is 2. The number of benzene rings is 2. The first-order valence-corrected chi connectivity index (χ1v) is 6.50. The lowest BCUT2D eigenvalue weighted by Crippen LogP contribution is -2.17. The zero-order valence-electron chi connectivity index (χ0n) is 10.7. The van der Waals surface area contributed by atoms with Gasteiger partial charge in [0.15, 0.2) is 0 Å². The Balaban J connectivity index is 2.02. The molecule has 102 valence electrons. The average molecular weight is 289 g/mol. The molecule has 0 radical (unpaired) electrons. The number of ether oxygens (including phenoxy) is 1. The van der Waals surface area contributed by atoms with Crippen LogP contribution >= 0.6 is 11.6 Å². The van der Waals surface area contributed by atoms with Crippen LogP contribution in [0.25, 0.3) is 0 Å². The lowest BCUT2D eigenvalue weighted by molar-refractivity contribution is -0.147. The molecule has 0 amide bonds. The molecular formula is C16H13ClO3. The lowest BCUT2D eigenvalue weighted by Gasteiger charge is -2.11. The Hall–Kier alpha value is -2.13. The van der Waals surface area contributed by atoms with E-state index in [0.29, 0.717) is 16.9 Å². The quantitative estimate of drug-likeness (QED) is 0.481. The van der Waals surface area contributed by atoms with Crippen LogP contribution in [0.1, 0.15) is 17.0 Å². The molecule has 1 atom stereocenters. The monoisotopic (exact) mass is 288 g/mol. The van der Waals surface area contributed by atoms with Crippen molar-refractivity contribution in [3.63, 3.8) is 0 Å². The zero-order chi connectivity index (χ0) is 14.4. The van der Waals surface area contributed by atoms with E-state index in [9.17, 15) is 9.59 Å². The summed E-state index contributed by atoms with van der Waals surface area (Å²) in [5, 5.41) is 0.552. The van der Waals surface area contributed by atoms with Crippen molar-refractivity contribution in [2.75, 3.05) is 0 Å². The lowest BCUT2D eigenvalue weighted by atomic mass is 10.0. The molecule has 2 aromatic rings. The van der Waals surface area contributed by atoms with E-state index in [1.807, 2.05) is 30.3 Å². The highest BCUT2D eigenvalue weighted by atomic mass is 35.5. The molecule has 3 nitrogen and oxygen atoms in total. The van der Waals surface area contributed by atoms with E-state index in [2.05, 4.69) is 0 Å². The Labute approximate surface area is 122 Å². The van der Waals surface area contributed by atoms with Crippen LogP contribution in [0.3, 0.4) is 0 Å². The molecule has 1 unspecified atom stereocenters. The molecule has 0 aromatic heterocycles. The molecule has 0 bridgehead atoms. The van der Waals surface area contributed by atoms with Crippen LogP contribution in [0.2, 0.25) is 5.02 Å². The molecule has 0 aliphatic carbocycles. The number of hydrogen-bond donors (Lipinski definition) is 0. The minimum atomic E-state index is -0.920. The summed E-state index contributed by atoms with van der Waals surface area (Å²) in [4.78, 5) is 23.1. The van der Waals surface area contributed by atoms with Gasteiger partial charge in [-0.15, -0.1) is 0 Å². The Morgan fingerprint density at radius 3 is 2.35 bits per heavy atom. The normalized spacial score (nSPS) is 11.7. The maximum atomic E-state index is 11.9. The van der Waals surface area contributed by atoms with E-state index in [4.69, 9.17) is 16.3 Å². The molecule has 2 aromatic carbocycles. The second-order valence-corrected chi connectivity index (χ2v) is 4.70. The smallest absolute Gasteiger partial charge is 0.321 e. The Morgan fingerprint density at radius 2 is 1.75 bits per heavy atom. The average Bonchev–Trinajstić information content (AvgIpc) is 2.49. The van der Waals surface area contributed by atoms with Gasteiger partial charge >= 0.3 is 5.97 Å². The first-order valence-electron chi connectivity index (χ1n) is 6.12. The van der Waals surface area contributed by atoms with Gasteiger partial charge in [-0.25, -0.2) is 0 Å². The van der Waals surface area contributed by atoms with E-state index in [0.717, 1.165) is 5.56 Å². The molecule has 0 saturated heterocycles.